The summed E-state index contributed by atoms with van der Waals surface area (Å²) in [5.74, 6) is -1.92. The van der Waals surface area contributed by atoms with Crippen LogP contribution in [0.4, 0.5) is 14.5 Å². The molecule has 0 radical (unpaired) electrons. The first-order valence-corrected chi connectivity index (χ1v) is 10.8. The Kier molecular flexibility index (Phi) is 7.09. The summed E-state index contributed by atoms with van der Waals surface area (Å²) in [4.78, 5) is 30.6. The third-order valence-corrected chi connectivity index (χ3v) is 5.40. The van der Waals surface area contributed by atoms with Gasteiger partial charge in [-0.05, 0) is 13.0 Å². The summed E-state index contributed by atoms with van der Waals surface area (Å²) < 4.78 is 42.0. The fraction of sp³-hybridized carbons (Fsp3) is 0.200. The van der Waals surface area contributed by atoms with E-state index in [0.717, 1.165) is 24.8 Å². The van der Waals surface area contributed by atoms with Crippen LogP contribution in [0, 0.1) is 0 Å². The normalized spacial score (nSPS) is 10.9. The lowest BCUT2D eigenvalue weighted by atomic mass is 10.1. The largest absolute Gasteiger partial charge is 0.493 e. The summed E-state index contributed by atoms with van der Waals surface area (Å²) in [6, 6.07) is 13.1. The van der Waals surface area contributed by atoms with Crippen molar-refractivity contribution in [1.29, 1.82) is 0 Å². The smallest absolute Gasteiger partial charge is 0.387 e. The molecular formula is C25H22F2N4O5. The van der Waals surface area contributed by atoms with Crippen LogP contribution in [0.25, 0.3) is 22.3 Å². The molecule has 11 heteroatoms. The van der Waals surface area contributed by atoms with Gasteiger partial charge < -0.3 is 19.5 Å². The van der Waals surface area contributed by atoms with Crippen LogP contribution in [-0.4, -0.2) is 47.5 Å². The predicted molar refractivity (Wildman–Crippen MR) is 128 cm³/mol. The average Bonchev–Trinajstić information content (AvgIpc) is 3.31. The molecule has 0 saturated carbocycles. The van der Waals surface area contributed by atoms with E-state index in [4.69, 9.17) is 9.47 Å². The minimum Gasteiger partial charge on any atom is -0.493 e. The number of ether oxygens (including phenoxy) is 3. The maximum absolute atomic E-state index is 13.5. The molecule has 4 rings (SSSR count). The van der Waals surface area contributed by atoms with Crippen molar-refractivity contribution in [2.45, 2.75) is 20.1 Å². The number of fused-ring (bicyclic) bond motifs is 1. The molecule has 36 heavy (non-hydrogen) atoms. The Morgan fingerprint density at radius 2 is 1.81 bits per heavy atom. The van der Waals surface area contributed by atoms with Crippen molar-refractivity contribution in [2.75, 3.05) is 19.5 Å². The number of hydrogen-bond donors (Lipinski definition) is 1. The zero-order valence-electron chi connectivity index (χ0n) is 19.6. The number of benzene rings is 2. The first-order valence-electron chi connectivity index (χ1n) is 10.8. The van der Waals surface area contributed by atoms with E-state index in [1.165, 1.54) is 13.3 Å². The number of carbonyl (C=O) groups excluding carboxylic acids is 2. The molecule has 1 amide bonds. The molecule has 0 bridgehead atoms. The highest BCUT2D eigenvalue weighted by molar-refractivity contribution is 6.14. The van der Waals surface area contributed by atoms with Crippen LogP contribution in [0.2, 0.25) is 0 Å². The van der Waals surface area contributed by atoms with E-state index >= 15 is 0 Å². The van der Waals surface area contributed by atoms with E-state index in [9.17, 15) is 18.4 Å². The van der Waals surface area contributed by atoms with E-state index in [-0.39, 0.29) is 28.3 Å². The number of nitrogens with zero attached hydrogens (tertiary/aromatic N) is 3. The number of nitrogens with one attached hydrogen (secondary N) is 1. The summed E-state index contributed by atoms with van der Waals surface area (Å²) in [5, 5.41) is 7.41. The Labute approximate surface area is 204 Å². The van der Waals surface area contributed by atoms with Gasteiger partial charge in [-0.1, -0.05) is 30.3 Å². The maximum atomic E-state index is 13.5. The molecular weight excluding hydrogens is 474 g/mol. The van der Waals surface area contributed by atoms with Gasteiger partial charge in [-0.15, -0.1) is 0 Å². The van der Waals surface area contributed by atoms with Gasteiger partial charge in [0.1, 0.15) is 0 Å². The minimum absolute atomic E-state index is 0.0996. The number of aromatic nitrogens is 3. The predicted octanol–water partition coefficient (Wildman–Crippen LogP) is 4.77. The van der Waals surface area contributed by atoms with Gasteiger partial charge in [-0.2, -0.15) is 13.9 Å². The molecule has 2 heterocycles. The first kappa shape index (κ1) is 24.6. The first-order chi connectivity index (χ1) is 17.4. The van der Waals surface area contributed by atoms with Crippen molar-refractivity contribution in [3.63, 3.8) is 0 Å². The number of amides is 1. The third-order valence-electron chi connectivity index (χ3n) is 5.40. The Morgan fingerprint density at radius 1 is 1.06 bits per heavy atom. The fourth-order valence-electron chi connectivity index (χ4n) is 3.70. The molecule has 0 aliphatic rings. The highest BCUT2D eigenvalue weighted by Crippen LogP contribution is 2.36. The van der Waals surface area contributed by atoms with Crippen LogP contribution >= 0.6 is 0 Å². The molecule has 0 saturated heterocycles. The van der Waals surface area contributed by atoms with E-state index in [0.29, 0.717) is 23.3 Å². The number of pyridine rings is 1. The van der Waals surface area contributed by atoms with Gasteiger partial charge in [-0.25, -0.2) is 14.5 Å². The third kappa shape index (κ3) is 4.81. The van der Waals surface area contributed by atoms with E-state index in [1.54, 1.807) is 10.7 Å². The fourth-order valence-corrected chi connectivity index (χ4v) is 3.70. The van der Waals surface area contributed by atoms with Gasteiger partial charge in [0, 0.05) is 24.2 Å². The van der Waals surface area contributed by atoms with Crippen molar-refractivity contribution in [1.82, 2.24) is 14.8 Å². The van der Waals surface area contributed by atoms with E-state index in [2.05, 4.69) is 20.1 Å². The molecule has 0 spiro atoms. The maximum Gasteiger partial charge on any atom is 0.387 e. The number of aryl methyl sites for hydroxylation is 1. The lowest BCUT2D eigenvalue weighted by Gasteiger charge is -2.16. The quantitative estimate of drug-likeness (QED) is 0.351. The molecule has 2 aromatic heterocycles. The zero-order valence-corrected chi connectivity index (χ0v) is 19.6. The topological polar surface area (TPSA) is 105 Å². The number of methoxy groups -OCH3 is 2. The molecule has 186 valence electrons. The standard InChI is InChI=1S/C25H22F2N4O5/c1-4-31-22-17(13-28-31)15(10-18(29-22)14-8-6-5-7-9-14)23(32)30-19-12-21(36-25(26)27)20(34-2)11-16(19)24(33)35-3/h5-13,25H,4H2,1-3H3,(H,30,32). The number of anilines is 1. The Bertz CT molecular complexity index is 1420. The van der Waals surface area contributed by atoms with Gasteiger partial charge in [-0.3, -0.25) is 4.79 Å². The molecule has 0 unspecified atom stereocenters. The number of halogens is 2. The monoisotopic (exact) mass is 496 g/mol. The van der Waals surface area contributed by atoms with Crippen molar-refractivity contribution in [2.24, 2.45) is 0 Å². The second kappa shape index (κ2) is 10.4. The molecule has 0 atom stereocenters. The molecule has 0 aliphatic carbocycles. The molecule has 2 aromatic carbocycles. The second-order valence-electron chi connectivity index (χ2n) is 7.49. The summed E-state index contributed by atoms with van der Waals surface area (Å²) in [7, 11) is 2.39. The van der Waals surface area contributed by atoms with Crippen LogP contribution in [0.3, 0.4) is 0 Å². The molecule has 0 aliphatic heterocycles. The number of hydrogen-bond acceptors (Lipinski definition) is 7. The minimum atomic E-state index is -3.15. The SMILES string of the molecule is CCn1ncc2c(C(=O)Nc3cc(OC(F)F)c(OC)cc3C(=O)OC)cc(-c3ccccc3)nc21. The van der Waals surface area contributed by atoms with Crippen molar-refractivity contribution in [3.05, 3.63) is 65.9 Å². The Balaban J connectivity index is 1.83. The number of rotatable bonds is 8. The van der Waals surface area contributed by atoms with Gasteiger partial charge >= 0.3 is 12.6 Å². The zero-order chi connectivity index (χ0) is 25.8. The molecule has 0 fully saturated rings. The van der Waals surface area contributed by atoms with E-state index in [1.807, 2.05) is 37.3 Å². The molecule has 4 aromatic rings. The summed E-state index contributed by atoms with van der Waals surface area (Å²) in [5.41, 5.74) is 1.83. The van der Waals surface area contributed by atoms with E-state index < -0.39 is 18.5 Å². The van der Waals surface area contributed by atoms with Crippen LogP contribution in [-0.2, 0) is 11.3 Å². The van der Waals surface area contributed by atoms with Crippen LogP contribution < -0.4 is 14.8 Å². The van der Waals surface area contributed by atoms with Gasteiger partial charge in [0.15, 0.2) is 17.1 Å². The summed E-state index contributed by atoms with van der Waals surface area (Å²) in [6.07, 6.45) is 1.52. The van der Waals surface area contributed by atoms with Gasteiger partial charge in [0.05, 0.1) is 48.3 Å². The number of esters is 1. The lowest BCUT2D eigenvalue weighted by molar-refractivity contribution is -0.0511. The highest BCUT2D eigenvalue weighted by Gasteiger charge is 2.23. The van der Waals surface area contributed by atoms with Crippen LogP contribution in [0.15, 0.2) is 54.7 Å². The molecule has 1 N–H and O–H groups in total. The van der Waals surface area contributed by atoms with Crippen molar-refractivity contribution < 1.29 is 32.6 Å². The van der Waals surface area contributed by atoms with Gasteiger partial charge in [0.25, 0.3) is 5.91 Å². The van der Waals surface area contributed by atoms with Crippen LogP contribution in [0.5, 0.6) is 11.5 Å². The molecule has 9 nitrogen and oxygen atoms in total. The van der Waals surface area contributed by atoms with Crippen molar-refractivity contribution in [3.8, 4) is 22.8 Å². The Hall–Kier alpha value is -4.54. The average molecular weight is 496 g/mol. The summed E-state index contributed by atoms with van der Waals surface area (Å²) in [6.45, 7) is -0.734. The summed E-state index contributed by atoms with van der Waals surface area (Å²) >= 11 is 0. The van der Waals surface area contributed by atoms with Crippen molar-refractivity contribution >= 4 is 28.6 Å². The lowest BCUT2D eigenvalue weighted by Crippen LogP contribution is -2.17. The number of carbonyl (C=O) groups is 2. The highest BCUT2D eigenvalue weighted by atomic mass is 19.3. The Morgan fingerprint density at radius 3 is 2.44 bits per heavy atom. The van der Waals surface area contributed by atoms with Gasteiger partial charge in [0.2, 0.25) is 0 Å². The van der Waals surface area contributed by atoms with Crippen LogP contribution in [0.1, 0.15) is 27.6 Å². The second-order valence-corrected chi connectivity index (χ2v) is 7.49. The number of alkyl halides is 2.